The van der Waals surface area contributed by atoms with Gasteiger partial charge in [-0.3, -0.25) is 9.59 Å². The van der Waals surface area contributed by atoms with Gasteiger partial charge in [0.05, 0.1) is 12.8 Å². The van der Waals surface area contributed by atoms with Gasteiger partial charge in [0.2, 0.25) is 0 Å². The Hall–Kier alpha value is -5.11. The van der Waals surface area contributed by atoms with E-state index in [0.717, 1.165) is 22.4 Å². The number of nitrogens with one attached hydrogen (secondary N) is 2. The lowest BCUT2D eigenvalue weighted by Gasteiger charge is -2.13. The molecule has 0 aliphatic heterocycles. The van der Waals surface area contributed by atoms with Crippen molar-refractivity contribution in [2.75, 3.05) is 18.5 Å². The first-order chi connectivity index (χ1) is 19.9. The summed E-state index contributed by atoms with van der Waals surface area (Å²) in [4.78, 5) is 25.3. The van der Waals surface area contributed by atoms with E-state index in [-0.39, 0.29) is 12.5 Å². The number of benzene rings is 4. The number of hydrogen-bond acceptors (Lipinski definition) is 6. The number of hydrazone groups is 1. The highest BCUT2D eigenvalue weighted by atomic mass is 16.5. The average Bonchev–Trinajstić information content (AvgIpc) is 2.98. The minimum absolute atomic E-state index is 0.177. The van der Waals surface area contributed by atoms with Crippen molar-refractivity contribution in [3.63, 3.8) is 0 Å². The monoisotopic (exact) mass is 551 g/mol. The van der Waals surface area contributed by atoms with Crippen LogP contribution in [0.2, 0.25) is 0 Å². The summed E-state index contributed by atoms with van der Waals surface area (Å²) in [5, 5.41) is 6.97. The second-order valence-corrected chi connectivity index (χ2v) is 9.26. The Morgan fingerprint density at radius 3 is 2.39 bits per heavy atom. The molecule has 4 aromatic carbocycles. The molecule has 0 aromatic heterocycles. The largest absolute Gasteiger partial charge is 0.490 e. The lowest BCUT2D eigenvalue weighted by atomic mass is 10.1. The van der Waals surface area contributed by atoms with Crippen molar-refractivity contribution in [2.24, 2.45) is 5.10 Å². The Labute approximate surface area is 240 Å². The predicted octanol–water partition coefficient (Wildman–Crippen LogP) is 6.06. The Morgan fingerprint density at radius 1 is 0.805 bits per heavy atom. The van der Waals surface area contributed by atoms with Gasteiger partial charge >= 0.3 is 0 Å². The molecule has 8 heteroatoms. The Kier molecular flexibility index (Phi) is 10.1. The molecule has 2 N–H and O–H groups in total. The van der Waals surface area contributed by atoms with Crippen LogP contribution in [0.1, 0.15) is 39.5 Å². The van der Waals surface area contributed by atoms with Gasteiger partial charge in [-0.25, -0.2) is 5.43 Å². The lowest BCUT2D eigenvalue weighted by Crippen LogP contribution is -2.21. The Morgan fingerprint density at radius 2 is 1.59 bits per heavy atom. The number of anilines is 1. The quantitative estimate of drug-likeness (QED) is 0.165. The molecular weight excluding hydrogens is 518 g/mol. The van der Waals surface area contributed by atoms with Gasteiger partial charge in [-0.1, -0.05) is 54.6 Å². The Bertz CT molecular complexity index is 1520. The summed E-state index contributed by atoms with van der Waals surface area (Å²) in [6.07, 6.45) is 1.47. The molecule has 0 fully saturated rings. The van der Waals surface area contributed by atoms with Crippen molar-refractivity contribution in [1.29, 1.82) is 0 Å². The SMILES string of the molecule is CCOc1cc(C(=O)N/N=C/c2ccccc2OCC(=O)Nc2cc(C)ccc2C)ccc1OCc1ccccc1. The van der Waals surface area contributed by atoms with Crippen LogP contribution in [0.25, 0.3) is 0 Å². The Balaban J connectivity index is 1.35. The van der Waals surface area contributed by atoms with Crippen molar-refractivity contribution >= 4 is 23.7 Å². The van der Waals surface area contributed by atoms with Crippen LogP contribution in [0.5, 0.6) is 17.2 Å². The van der Waals surface area contributed by atoms with E-state index >= 15 is 0 Å². The third-order valence-corrected chi connectivity index (χ3v) is 6.06. The molecule has 210 valence electrons. The van der Waals surface area contributed by atoms with Gasteiger partial charge in [-0.2, -0.15) is 5.10 Å². The predicted molar refractivity (Wildman–Crippen MR) is 160 cm³/mol. The van der Waals surface area contributed by atoms with E-state index in [4.69, 9.17) is 14.2 Å². The third kappa shape index (κ3) is 8.44. The molecule has 0 aliphatic carbocycles. The molecule has 2 amide bonds. The van der Waals surface area contributed by atoms with Crippen LogP contribution in [0.15, 0.2) is 96.1 Å². The third-order valence-electron chi connectivity index (χ3n) is 6.06. The molecule has 0 spiro atoms. The van der Waals surface area contributed by atoms with E-state index in [0.29, 0.717) is 41.6 Å². The molecule has 0 atom stereocenters. The van der Waals surface area contributed by atoms with Gasteiger partial charge in [0, 0.05) is 16.8 Å². The number of para-hydroxylation sites is 1. The minimum Gasteiger partial charge on any atom is -0.490 e. The fraction of sp³-hybridized carbons (Fsp3) is 0.182. The topological polar surface area (TPSA) is 98.3 Å². The fourth-order valence-corrected chi connectivity index (χ4v) is 3.92. The number of aryl methyl sites for hydroxylation is 2. The summed E-state index contributed by atoms with van der Waals surface area (Å²) >= 11 is 0. The van der Waals surface area contributed by atoms with Gasteiger partial charge in [0.1, 0.15) is 12.4 Å². The molecular formula is C33H33N3O5. The first kappa shape index (κ1) is 28.9. The standard InChI is InChI=1S/C33H33N3O5/c1-4-39-31-19-26(16-17-30(31)40-21-25-10-6-5-7-11-25)33(38)36-34-20-27-12-8-9-13-29(27)41-22-32(37)35-28-18-23(2)14-15-24(28)3/h5-20H,4,21-22H2,1-3H3,(H,35,37)(H,36,38)/b34-20+. The van der Waals surface area contributed by atoms with Crippen LogP contribution in [0, 0.1) is 13.8 Å². The molecule has 0 aliphatic rings. The van der Waals surface area contributed by atoms with Crippen molar-refractivity contribution in [3.05, 3.63) is 119 Å². The first-order valence-corrected chi connectivity index (χ1v) is 13.3. The summed E-state index contributed by atoms with van der Waals surface area (Å²) in [6, 6.07) is 27.8. The van der Waals surface area contributed by atoms with E-state index in [1.54, 1.807) is 36.4 Å². The molecule has 4 aromatic rings. The van der Waals surface area contributed by atoms with E-state index in [9.17, 15) is 9.59 Å². The summed E-state index contributed by atoms with van der Waals surface area (Å²) in [7, 11) is 0. The van der Waals surface area contributed by atoms with E-state index < -0.39 is 5.91 Å². The maximum absolute atomic E-state index is 12.8. The molecule has 41 heavy (non-hydrogen) atoms. The zero-order valence-electron chi connectivity index (χ0n) is 23.3. The maximum atomic E-state index is 12.8. The average molecular weight is 552 g/mol. The number of hydrogen-bond donors (Lipinski definition) is 2. The van der Waals surface area contributed by atoms with Crippen LogP contribution in [0.3, 0.4) is 0 Å². The molecule has 8 nitrogen and oxygen atoms in total. The van der Waals surface area contributed by atoms with Crippen molar-refractivity contribution in [3.8, 4) is 17.2 Å². The summed E-state index contributed by atoms with van der Waals surface area (Å²) in [5.74, 6) is 0.782. The molecule has 0 saturated carbocycles. The zero-order chi connectivity index (χ0) is 29.0. The molecule has 4 rings (SSSR count). The van der Waals surface area contributed by atoms with E-state index in [2.05, 4.69) is 15.8 Å². The van der Waals surface area contributed by atoms with E-state index in [1.165, 1.54) is 6.21 Å². The number of amides is 2. The zero-order valence-corrected chi connectivity index (χ0v) is 23.3. The number of carbonyl (C=O) groups is 2. The number of rotatable bonds is 12. The molecule has 0 heterocycles. The molecule has 0 bridgehead atoms. The van der Waals surface area contributed by atoms with E-state index in [1.807, 2.05) is 75.4 Å². The van der Waals surface area contributed by atoms with Gasteiger partial charge in [0.15, 0.2) is 18.1 Å². The van der Waals surface area contributed by atoms with Gasteiger partial charge in [-0.05, 0) is 73.9 Å². The van der Waals surface area contributed by atoms with Crippen LogP contribution < -0.4 is 25.0 Å². The van der Waals surface area contributed by atoms with Crippen molar-refractivity contribution in [1.82, 2.24) is 5.43 Å². The number of nitrogens with zero attached hydrogens (tertiary/aromatic N) is 1. The van der Waals surface area contributed by atoms with Gasteiger partial charge in [0.25, 0.3) is 11.8 Å². The fourth-order valence-electron chi connectivity index (χ4n) is 3.92. The second kappa shape index (κ2) is 14.3. The van der Waals surface area contributed by atoms with Crippen LogP contribution in [0.4, 0.5) is 5.69 Å². The number of carbonyl (C=O) groups excluding carboxylic acids is 2. The lowest BCUT2D eigenvalue weighted by molar-refractivity contribution is -0.118. The van der Waals surface area contributed by atoms with Crippen molar-refractivity contribution in [2.45, 2.75) is 27.4 Å². The van der Waals surface area contributed by atoms with Gasteiger partial charge < -0.3 is 19.5 Å². The highest BCUT2D eigenvalue weighted by molar-refractivity contribution is 5.96. The molecule has 0 saturated heterocycles. The van der Waals surface area contributed by atoms with Crippen molar-refractivity contribution < 1.29 is 23.8 Å². The van der Waals surface area contributed by atoms with Crippen LogP contribution in [-0.2, 0) is 11.4 Å². The smallest absolute Gasteiger partial charge is 0.271 e. The second-order valence-electron chi connectivity index (χ2n) is 9.26. The summed E-state index contributed by atoms with van der Waals surface area (Å²) in [5.41, 5.74) is 7.29. The van der Waals surface area contributed by atoms with Crippen LogP contribution in [-0.4, -0.2) is 31.2 Å². The summed E-state index contributed by atoms with van der Waals surface area (Å²) in [6.45, 7) is 6.39. The first-order valence-electron chi connectivity index (χ1n) is 13.3. The highest BCUT2D eigenvalue weighted by Crippen LogP contribution is 2.29. The van der Waals surface area contributed by atoms with Gasteiger partial charge in [-0.15, -0.1) is 0 Å². The molecule has 0 radical (unpaired) electrons. The highest BCUT2D eigenvalue weighted by Gasteiger charge is 2.12. The maximum Gasteiger partial charge on any atom is 0.271 e. The summed E-state index contributed by atoms with van der Waals surface area (Å²) < 4.78 is 17.4. The van der Waals surface area contributed by atoms with Crippen LogP contribution >= 0.6 is 0 Å². The number of ether oxygens (including phenoxy) is 3. The molecule has 0 unspecified atom stereocenters. The normalized spacial score (nSPS) is 10.7. The minimum atomic E-state index is -0.414.